The van der Waals surface area contributed by atoms with Crippen molar-refractivity contribution in [1.29, 1.82) is 0 Å². The van der Waals surface area contributed by atoms with Gasteiger partial charge in [-0.3, -0.25) is 9.97 Å². The molecule has 0 saturated carbocycles. The quantitative estimate of drug-likeness (QED) is 0.780. The molecule has 0 spiro atoms. The lowest BCUT2D eigenvalue weighted by molar-refractivity contribution is 0.413. The standard InChI is InChI=1S/C10H8ClN3O/c1-15-8-2-7(3-12-4-8)9-5-13-6-10(11)14-9/h2-6H,1H3. The van der Waals surface area contributed by atoms with Gasteiger partial charge in [0.2, 0.25) is 0 Å². The first-order valence-electron chi connectivity index (χ1n) is 4.26. The monoisotopic (exact) mass is 221 g/mol. The average Bonchev–Trinajstić information content (AvgIpc) is 2.29. The highest BCUT2D eigenvalue weighted by Crippen LogP contribution is 2.20. The summed E-state index contributed by atoms with van der Waals surface area (Å²) in [5.41, 5.74) is 1.50. The van der Waals surface area contributed by atoms with Crippen molar-refractivity contribution in [2.24, 2.45) is 0 Å². The third-order valence-corrected chi connectivity index (χ3v) is 2.03. The summed E-state index contributed by atoms with van der Waals surface area (Å²) in [6.07, 6.45) is 6.42. The van der Waals surface area contributed by atoms with E-state index in [1.54, 1.807) is 25.7 Å². The Morgan fingerprint density at radius 1 is 1.13 bits per heavy atom. The van der Waals surface area contributed by atoms with Crippen molar-refractivity contribution < 1.29 is 4.74 Å². The third-order valence-electron chi connectivity index (χ3n) is 1.85. The van der Waals surface area contributed by atoms with Crippen LogP contribution in [0, 0.1) is 0 Å². The summed E-state index contributed by atoms with van der Waals surface area (Å²) in [5.74, 6) is 0.675. The lowest BCUT2D eigenvalue weighted by Crippen LogP contribution is -1.89. The molecule has 0 amide bonds. The molecule has 0 bridgehead atoms. The molecule has 2 aromatic rings. The molecule has 0 aliphatic heterocycles. The summed E-state index contributed by atoms with van der Waals surface area (Å²) in [6, 6.07) is 1.83. The largest absolute Gasteiger partial charge is 0.495 e. The minimum atomic E-state index is 0.357. The van der Waals surface area contributed by atoms with Crippen LogP contribution >= 0.6 is 11.6 Å². The number of nitrogens with zero attached hydrogens (tertiary/aromatic N) is 3. The second kappa shape index (κ2) is 4.23. The molecule has 2 aromatic heterocycles. The predicted octanol–water partition coefficient (Wildman–Crippen LogP) is 2.20. The molecule has 0 aromatic carbocycles. The topological polar surface area (TPSA) is 47.9 Å². The van der Waals surface area contributed by atoms with E-state index in [4.69, 9.17) is 16.3 Å². The van der Waals surface area contributed by atoms with Crippen LogP contribution in [0.2, 0.25) is 5.15 Å². The van der Waals surface area contributed by atoms with Crippen LogP contribution in [-0.4, -0.2) is 22.1 Å². The molecule has 0 unspecified atom stereocenters. The highest BCUT2D eigenvalue weighted by atomic mass is 35.5. The van der Waals surface area contributed by atoms with Gasteiger partial charge in [-0.25, -0.2) is 4.98 Å². The number of ether oxygens (including phenoxy) is 1. The van der Waals surface area contributed by atoms with Gasteiger partial charge in [-0.1, -0.05) is 11.6 Å². The number of aromatic nitrogens is 3. The Morgan fingerprint density at radius 3 is 2.67 bits per heavy atom. The maximum Gasteiger partial charge on any atom is 0.148 e. The van der Waals surface area contributed by atoms with Crippen molar-refractivity contribution in [2.45, 2.75) is 0 Å². The number of methoxy groups -OCH3 is 1. The van der Waals surface area contributed by atoms with Gasteiger partial charge >= 0.3 is 0 Å². The van der Waals surface area contributed by atoms with E-state index < -0.39 is 0 Å². The molecule has 0 fully saturated rings. The maximum atomic E-state index is 5.74. The van der Waals surface area contributed by atoms with E-state index in [-0.39, 0.29) is 0 Å². The fourth-order valence-electron chi connectivity index (χ4n) is 1.15. The number of hydrogen-bond donors (Lipinski definition) is 0. The molecule has 0 atom stereocenters. The smallest absolute Gasteiger partial charge is 0.148 e. The van der Waals surface area contributed by atoms with E-state index >= 15 is 0 Å². The van der Waals surface area contributed by atoms with Crippen molar-refractivity contribution in [3.05, 3.63) is 36.0 Å². The van der Waals surface area contributed by atoms with Crippen LogP contribution in [0.3, 0.4) is 0 Å². The summed E-state index contributed by atoms with van der Waals surface area (Å²) in [5, 5.41) is 0.357. The predicted molar refractivity (Wildman–Crippen MR) is 56.8 cm³/mol. The number of halogens is 1. The Balaban J connectivity index is 2.44. The van der Waals surface area contributed by atoms with Gasteiger partial charge in [0.25, 0.3) is 0 Å². The molecule has 0 aliphatic carbocycles. The van der Waals surface area contributed by atoms with E-state index in [9.17, 15) is 0 Å². The molecule has 0 N–H and O–H groups in total. The van der Waals surface area contributed by atoms with Crippen molar-refractivity contribution in [3.8, 4) is 17.0 Å². The van der Waals surface area contributed by atoms with E-state index in [0.29, 0.717) is 16.6 Å². The summed E-state index contributed by atoms with van der Waals surface area (Å²) in [4.78, 5) is 12.1. The second-order valence-corrected chi connectivity index (χ2v) is 3.23. The van der Waals surface area contributed by atoms with E-state index in [0.717, 1.165) is 5.56 Å². The lowest BCUT2D eigenvalue weighted by Gasteiger charge is -2.02. The molecular formula is C10H8ClN3O. The fraction of sp³-hybridized carbons (Fsp3) is 0.100. The zero-order valence-electron chi connectivity index (χ0n) is 8.01. The van der Waals surface area contributed by atoms with E-state index in [1.165, 1.54) is 6.20 Å². The first kappa shape index (κ1) is 9.86. The summed E-state index contributed by atoms with van der Waals surface area (Å²) in [6.45, 7) is 0. The van der Waals surface area contributed by atoms with Crippen LogP contribution in [0.5, 0.6) is 5.75 Å². The first-order valence-corrected chi connectivity index (χ1v) is 4.64. The Bertz CT molecular complexity index is 476. The van der Waals surface area contributed by atoms with Crippen LogP contribution in [0.15, 0.2) is 30.9 Å². The molecular weight excluding hydrogens is 214 g/mol. The van der Waals surface area contributed by atoms with Crippen LogP contribution < -0.4 is 4.74 Å². The summed E-state index contributed by atoms with van der Waals surface area (Å²) < 4.78 is 5.06. The van der Waals surface area contributed by atoms with Crippen molar-refractivity contribution >= 4 is 11.6 Å². The Kier molecular flexibility index (Phi) is 2.78. The third kappa shape index (κ3) is 2.22. The Morgan fingerprint density at radius 2 is 1.93 bits per heavy atom. The fourth-order valence-corrected chi connectivity index (χ4v) is 1.30. The summed E-state index contributed by atoms with van der Waals surface area (Å²) >= 11 is 5.74. The van der Waals surface area contributed by atoms with Gasteiger partial charge in [0.05, 0.1) is 31.4 Å². The zero-order valence-corrected chi connectivity index (χ0v) is 8.77. The number of rotatable bonds is 2. The van der Waals surface area contributed by atoms with E-state index in [1.807, 2.05) is 6.07 Å². The first-order chi connectivity index (χ1) is 7.29. The average molecular weight is 222 g/mol. The maximum absolute atomic E-state index is 5.74. The normalized spacial score (nSPS) is 10.0. The van der Waals surface area contributed by atoms with Crippen LogP contribution in [0.4, 0.5) is 0 Å². The molecule has 0 radical (unpaired) electrons. The number of pyridine rings is 1. The van der Waals surface area contributed by atoms with Crippen LogP contribution in [-0.2, 0) is 0 Å². The lowest BCUT2D eigenvalue weighted by atomic mass is 10.2. The number of hydrogen-bond acceptors (Lipinski definition) is 4. The van der Waals surface area contributed by atoms with Gasteiger partial charge in [0.1, 0.15) is 10.9 Å². The molecule has 2 rings (SSSR count). The van der Waals surface area contributed by atoms with Crippen molar-refractivity contribution in [1.82, 2.24) is 15.0 Å². The molecule has 76 valence electrons. The Hall–Kier alpha value is -1.68. The van der Waals surface area contributed by atoms with E-state index in [2.05, 4.69) is 15.0 Å². The molecule has 4 nitrogen and oxygen atoms in total. The van der Waals surface area contributed by atoms with Gasteiger partial charge in [-0.15, -0.1) is 0 Å². The molecule has 5 heteroatoms. The highest BCUT2D eigenvalue weighted by Gasteiger charge is 2.02. The molecule has 0 aliphatic rings. The SMILES string of the molecule is COc1cncc(-c2cncc(Cl)n2)c1. The van der Waals surface area contributed by atoms with Gasteiger partial charge < -0.3 is 4.74 Å². The molecule has 0 saturated heterocycles. The van der Waals surface area contributed by atoms with Gasteiger partial charge in [0, 0.05) is 11.8 Å². The summed E-state index contributed by atoms with van der Waals surface area (Å²) in [7, 11) is 1.59. The second-order valence-electron chi connectivity index (χ2n) is 2.84. The van der Waals surface area contributed by atoms with Gasteiger partial charge in [0.15, 0.2) is 0 Å². The van der Waals surface area contributed by atoms with Gasteiger partial charge in [-0.2, -0.15) is 0 Å². The zero-order chi connectivity index (χ0) is 10.7. The molecule has 15 heavy (non-hydrogen) atoms. The van der Waals surface area contributed by atoms with Crippen molar-refractivity contribution in [3.63, 3.8) is 0 Å². The Labute approximate surface area is 91.9 Å². The minimum Gasteiger partial charge on any atom is -0.495 e. The van der Waals surface area contributed by atoms with Crippen LogP contribution in [0.25, 0.3) is 11.3 Å². The highest BCUT2D eigenvalue weighted by molar-refractivity contribution is 6.29. The van der Waals surface area contributed by atoms with Crippen molar-refractivity contribution in [2.75, 3.05) is 7.11 Å². The van der Waals surface area contributed by atoms with Gasteiger partial charge in [-0.05, 0) is 6.07 Å². The van der Waals surface area contributed by atoms with Crippen LogP contribution in [0.1, 0.15) is 0 Å². The molecule has 2 heterocycles. The minimum absolute atomic E-state index is 0.357.